The van der Waals surface area contributed by atoms with Crippen molar-refractivity contribution in [2.75, 3.05) is 0 Å². The fourth-order valence-electron chi connectivity index (χ4n) is 3.29. The van der Waals surface area contributed by atoms with Gasteiger partial charge in [-0.2, -0.15) is 0 Å². The highest BCUT2D eigenvalue weighted by Gasteiger charge is 2.20. The molecular weight excluding hydrogens is 360 g/mol. The number of carbonyl (C=O) groups is 1. The van der Waals surface area contributed by atoms with Crippen LogP contribution in [0.3, 0.4) is 0 Å². The van der Waals surface area contributed by atoms with E-state index in [0.29, 0.717) is 28.6 Å². The summed E-state index contributed by atoms with van der Waals surface area (Å²) in [4.78, 5) is 11.8. The van der Waals surface area contributed by atoms with Crippen LogP contribution >= 0.6 is 0 Å². The van der Waals surface area contributed by atoms with Crippen molar-refractivity contribution in [2.45, 2.75) is 6.54 Å². The van der Waals surface area contributed by atoms with Crippen molar-refractivity contribution >= 4 is 27.7 Å². The maximum atomic E-state index is 14.1. The smallest absolute Gasteiger partial charge is 0.249 e. The van der Waals surface area contributed by atoms with E-state index in [-0.39, 0.29) is 23.1 Å². The maximum Gasteiger partial charge on any atom is 0.249 e. The number of aromatic nitrogens is 1. The Morgan fingerprint density at radius 3 is 2.37 bits per heavy atom. The highest BCUT2D eigenvalue weighted by Crippen LogP contribution is 2.33. The van der Waals surface area contributed by atoms with Gasteiger partial charge >= 0.3 is 0 Å². The normalized spacial score (nSPS) is 11.4. The number of nitrogens with two attached hydrogens (primary N) is 1. The summed E-state index contributed by atoms with van der Waals surface area (Å²) in [6.07, 6.45) is 0. The van der Waals surface area contributed by atoms with E-state index in [0.717, 1.165) is 6.07 Å². The summed E-state index contributed by atoms with van der Waals surface area (Å²) in [6.45, 7) is -0.292. The van der Waals surface area contributed by atoms with Gasteiger partial charge in [0.2, 0.25) is 5.91 Å². The Labute approximate surface area is 150 Å². The zero-order chi connectivity index (χ0) is 19.3. The maximum absolute atomic E-state index is 14.1. The van der Waals surface area contributed by atoms with Crippen molar-refractivity contribution < 1.29 is 22.4 Å². The van der Waals surface area contributed by atoms with Gasteiger partial charge in [-0.05, 0) is 24.3 Å². The molecule has 0 saturated carbocycles. The van der Waals surface area contributed by atoms with Crippen molar-refractivity contribution in [3.05, 3.63) is 82.9 Å². The highest BCUT2D eigenvalue weighted by atomic mass is 19.1. The van der Waals surface area contributed by atoms with E-state index in [2.05, 4.69) is 6.07 Å². The van der Waals surface area contributed by atoms with Crippen molar-refractivity contribution in [1.29, 1.82) is 0 Å². The molecule has 1 amide bonds. The average Bonchev–Trinajstić information content (AvgIpc) is 2.91. The molecule has 1 radical (unpaired) electrons. The summed E-state index contributed by atoms with van der Waals surface area (Å²) in [5.41, 5.74) is 6.03. The number of hydrogen-bond donors (Lipinski definition) is 1. The number of primary amides is 1. The second kappa shape index (κ2) is 6.12. The molecule has 0 aliphatic carbocycles. The second-order valence-corrected chi connectivity index (χ2v) is 6.06. The molecule has 1 heterocycles. The van der Waals surface area contributed by atoms with Crippen LogP contribution in [0.4, 0.5) is 17.6 Å². The molecule has 0 atom stereocenters. The molecule has 0 aliphatic rings. The van der Waals surface area contributed by atoms with Crippen LogP contribution in [0.1, 0.15) is 15.9 Å². The molecule has 0 saturated heterocycles. The molecule has 0 bridgehead atoms. The van der Waals surface area contributed by atoms with Gasteiger partial charge in [-0.25, -0.2) is 17.6 Å². The fourth-order valence-corrected chi connectivity index (χ4v) is 3.29. The monoisotopic (exact) mass is 371 g/mol. The highest BCUT2D eigenvalue weighted by molar-refractivity contribution is 6.17. The van der Waals surface area contributed by atoms with Gasteiger partial charge in [0, 0.05) is 40.1 Å². The molecule has 0 spiro atoms. The summed E-state index contributed by atoms with van der Waals surface area (Å²) in [5, 5.41) is 0.602. The van der Waals surface area contributed by atoms with Crippen LogP contribution < -0.4 is 5.73 Å². The fraction of sp³-hybridized carbons (Fsp3) is 0.0500. The molecule has 0 fully saturated rings. The van der Waals surface area contributed by atoms with Crippen LogP contribution in [0.15, 0.2) is 42.5 Å². The van der Waals surface area contributed by atoms with E-state index in [1.54, 1.807) is 12.1 Å². The zero-order valence-electron chi connectivity index (χ0n) is 13.7. The number of nitrogens with zero attached hydrogens (tertiary/aromatic N) is 1. The minimum absolute atomic E-state index is 0.137. The van der Waals surface area contributed by atoms with E-state index in [1.807, 2.05) is 0 Å². The molecule has 3 aromatic carbocycles. The summed E-state index contributed by atoms with van der Waals surface area (Å²) in [7, 11) is 0. The van der Waals surface area contributed by atoms with Crippen LogP contribution in [0.5, 0.6) is 0 Å². The number of carbonyl (C=O) groups excluding carboxylic acids is 1. The Balaban J connectivity index is 2.06. The Morgan fingerprint density at radius 2 is 1.70 bits per heavy atom. The first-order chi connectivity index (χ1) is 12.9. The van der Waals surface area contributed by atoms with Crippen molar-refractivity contribution in [3.63, 3.8) is 0 Å². The minimum atomic E-state index is -1.04. The standard InChI is InChI=1S/C20H11F4N2O/c21-10-4-5-17-13(6-10)19-12(20(25)27)2-1-3-18(19)26(17)9-14-15(23)7-11(22)8-16(14)24/h1-5,7-8H,9H2,(H2,25,27). The van der Waals surface area contributed by atoms with E-state index in [9.17, 15) is 22.4 Å². The first kappa shape index (κ1) is 17.1. The van der Waals surface area contributed by atoms with Crippen molar-refractivity contribution in [2.24, 2.45) is 5.73 Å². The number of benzene rings is 3. The van der Waals surface area contributed by atoms with Crippen LogP contribution in [0.2, 0.25) is 0 Å². The van der Waals surface area contributed by atoms with E-state index in [4.69, 9.17) is 5.73 Å². The molecule has 27 heavy (non-hydrogen) atoms. The lowest BCUT2D eigenvalue weighted by Gasteiger charge is -2.10. The quantitative estimate of drug-likeness (QED) is 0.537. The lowest BCUT2D eigenvalue weighted by Crippen LogP contribution is -2.11. The third kappa shape index (κ3) is 2.71. The molecule has 2 N–H and O–H groups in total. The predicted molar refractivity (Wildman–Crippen MR) is 92.2 cm³/mol. The summed E-state index contributed by atoms with van der Waals surface area (Å²) >= 11 is 0. The van der Waals surface area contributed by atoms with Crippen LogP contribution in [-0.4, -0.2) is 10.5 Å². The minimum Gasteiger partial charge on any atom is -0.366 e. The third-order valence-corrected chi connectivity index (χ3v) is 4.45. The summed E-state index contributed by atoms with van der Waals surface area (Å²) in [6, 6.07) is 10.9. The van der Waals surface area contributed by atoms with Crippen LogP contribution in [0, 0.1) is 29.3 Å². The first-order valence-electron chi connectivity index (χ1n) is 7.93. The second-order valence-electron chi connectivity index (χ2n) is 6.06. The largest absolute Gasteiger partial charge is 0.366 e. The molecule has 0 unspecified atom stereocenters. The number of amides is 1. The Morgan fingerprint density at radius 1 is 1.00 bits per heavy atom. The van der Waals surface area contributed by atoms with Crippen LogP contribution in [-0.2, 0) is 6.54 Å². The van der Waals surface area contributed by atoms with Gasteiger partial charge in [0.15, 0.2) is 0 Å². The topological polar surface area (TPSA) is 48.0 Å². The van der Waals surface area contributed by atoms with Gasteiger partial charge in [-0.15, -0.1) is 0 Å². The summed E-state index contributed by atoms with van der Waals surface area (Å²) < 4.78 is 56.7. The molecule has 7 heteroatoms. The number of fused-ring (bicyclic) bond motifs is 3. The lowest BCUT2D eigenvalue weighted by atomic mass is 10.1. The third-order valence-electron chi connectivity index (χ3n) is 4.45. The van der Waals surface area contributed by atoms with Gasteiger partial charge in [0.05, 0.1) is 17.6 Å². The SMILES string of the molecule is NC(=O)c1cccc2c1c1[c]c(F)ccc1n2Cc1c(F)cc(F)cc1F. The molecule has 135 valence electrons. The first-order valence-corrected chi connectivity index (χ1v) is 7.93. The molecule has 1 aromatic heterocycles. The average molecular weight is 371 g/mol. The zero-order valence-corrected chi connectivity index (χ0v) is 13.7. The molecule has 0 aliphatic heterocycles. The Bertz CT molecular complexity index is 1210. The van der Waals surface area contributed by atoms with E-state index >= 15 is 0 Å². The van der Waals surface area contributed by atoms with Gasteiger partial charge < -0.3 is 10.3 Å². The van der Waals surface area contributed by atoms with Crippen molar-refractivity contribution in [1.82, 2.24) is 4.57 Å². The van der Waals surface area contributed by atoms with Gasteiger partial charge in [-0.3, -0.25) is 4.79 Å². The van der Waals surface area contributed by atoms with Gasteiger partial charge in [0.1, 0.15) is 23.3 Å². The molecule has 4 rings (SSSR count). The van der Waals surface area contributed by atoms with E-state index in [1.165, 1.54) is 16.7 Å². The number of hydrogen-bond acceptors (Lipinski definition) is 1. The lowest BCUT2D eigenvalue weighted by molar-refractivity contribution is 0.100. The Kier molecular flexibility index (Phi) is 3.87. The predicted octanol–water partition coefficient (Wildman–Crippen LogP) is 4.30. The van der Waals surface area contributed by atoms with Crippen LogP contribution in [0.25, 0.3) is 21.8 Å². The van der Waals surface area contributed by atoms with Gasteiger partial charge in [-0.1, -0.05) is 6.07 Å². The molecular formula is C20H11F4N2O. The van der Waals surface area contributed by atoms with Gasteiger partial charge in [0.25, 0.3) is 0 Å². The Hall–Kier alpha value is -3.35. The molecule has 3 nitrogen and oxygen atoms in total. The van der Waals surface area contributed by atoms with Crippen molar-refractivity contribution in [3.8, 4) is 0 Å². The summed E-state index contributed by atoms with van der Waals surface area (Å²) in [5.74, 6) is -4.49. The number of halogens is 4. The number of rotatable bonds is 3. The van der Waals surface area contributed by atoms with E-state index < -0.39 is 29.2 Å². The molecule has 4 aromatic rings.